The van der Waals surface area contributed by atoms with Crippen molar-refractivity contribution in [3.63, 3.8) is 0 Å². The van der Waals surface area contributed by atoms with Crippen LogP contribution >= 0.6 is 0 Å². The SMILES string of the molecule is CCCn1c(C2CC3CCC2N3)nc2cc(OC)ccc21. The Kier molecular flexibility index (Phi) is 3.14. The van der Waals surface area contributed by atoms with Crippen molar-refractivity contribution in [1.82, 2.24) is 14.9 Å². The van der Waals surface area contributed by atoms with Crippen LogP contribution in [-0.2, 0) is 6.54 Å². The maximum atomic E-state index is 5.34. The Morgan fingerprint density at radius 2 is 2.29 bits per heavy atom. The van der Waals surface area contributed by atoms with Crippen LogP contribution in [0.5, 0.6) is 5.75 Å². The minimum absolute atomic E-state index is 0.577. The third kappa shape index (κ3) is 2.04. The first-order chi connectivity index (χ1) is 10.3. The van der Waals surface area contributed by atoms with Gasteiger partial charge in [0.15, 0.2) is 0 Å². The number of rotatable bonds is 4. The smallest absolute Gasteiger partial charge is 0.121 e. The number of aryl methyl sites for hydroxylation is 1. The molecule has 2 aliphatic heterocycles. The first-order valence-electron chi connectivity index (χ1n) is 8.10. The average Bonchev–Trinajstić information content (AvgIpc) is 3.20. The van der Waals surface area contributed by atoms with E-state index in [9.17, 15) is 0 Å². The Labute approximate surface area is 125 Å². The van der Waals surface area contributed by atoms with Gasteiger partial charge in [-0.2, -0.15) is 0 Å². The van der Waals surface area contributed by atoms with E-state index >= 15 is 0 Å². The highest BCUT2D eigenvalue weighted by Gasteiger charge is 2.42. The molecular formula is C17H23N3O. The molecule has 0 aliphatic carbocycles. The van der Waals surface area contributed by atoms with Crippen molar-refractivity contribution in [3.05, 3.63) is 24.0 Å². The number of fused-ring (bicyclic) bond motifs is 3. The zero-order valence-corrected chi connectivity index (χ0v) is 12.8. The van der Waals surface area contributed by atoms with Gasteiger partial charge >= 0.3 is 0 Å². The number of hydrogen-bond donors (Lipinski definition) is 1. The topological polar surface area (TPSA) is 39.1 Å². The summed E-state index contributed by atoms with van der Waals surface area (Å²) in [5.41, 5.74) is 2.32. The Bertz CT molecular complexity index is 663. The summed E-state index contributed by atoms with van der Waals surface area (Å²) in [7, 11) is 1.71. The van der Waals surface area contributed by atoms with E-state index in [1.807, 2.05) is 6.07 Å². The maximum Gasteiger partial charge on any atom is 0.121 e. The maximum absolute atomic E-state index is 5.34. The summed E-state index contributed by atoms with van der Waals surface area (Å²) in [6, 6.07) is 7.60. The van der Waals surface area contributed by atoms with Gasteiger partial charge in [-0.3, -0.25) is 0 Å². The Hall–Kier alpha value is -1.55. The van der Waals surface area contributed by atoms with Gasteiger partial charge in [-0.1, -0.05) is 6.92 Å². The molecule has 1 aromatic carbocycles. The molecule has 2 aromatic rings. The van der Waals surface area contributed by atoms with Gasteiger partial charge < -0.3 is 14.6 Å². The highest BCUT2D eigenvalue weighted by atomic mass is 16.5. The molecule has 21 heavy (non-hydrogen) atoms. The molecule has 3 atom stereocenters. The van der Waals surface area contributed by atoms with Crippen molar-refractivity contribution in [2.24, 2.45) is 0 Å². The van der Waals surface area contributed by atoms with Crippen LogP contribution in [0.3, 0.4) is 0 Å². The van der Waals surface area contributed by atoms with E-state index in [2.05, 4.69) is 28.9 Å². The Balaban J connectivity index is 1.81. The van der Waals surface area contributed by atoms with Gasteiger partial charge in [0.1, 0.15) is 11.6 Å². The second-order valence-corrected chi connectivity index (χ2v) is 6.37. The van der Waals surface area contributed by atoms with Crippen LogP contribution in [0.15, 0.2) is 18.2 Å². The van der Waals surface area contributed by atoms with Crippen molar-refractivity contribution in [2.45, 2.75) is 57.2 Å². The number of ether oxygens (including phenoxy) is 1. The van der Waals surface area contributed by atoms with E-state index in [1.54, 1.807) is 7.11 Å². The molecule has 4 nitrogen and oxygen atoms in total. The predicted molar refractivity (Wildman–Crippen MR) is 83.9 cm³/mol. The van der Waals surface area contributed by atoms with Crippen LogP contribution in [0.1, 0.15) is 44.3 Å². The molecule has 4 rings (SSSR count). The van der Waals surface area contributed by atoms with Gasteiger partial charge in [-0.05, 0) is 37.8 Å². The standard InChI is InChI=1S/C17H23N3O/c1-3-8-20-16-7-5-12(21-2)10-15(16)19-17(20)13-9-11-4-6-14(13)18-11/h5,7,10-11,13-14,18H,3-4,6,8-9H2,1-2H3. The van der Waals surface area contributed by atoms with Crippen LogP contribution in [0.2, 0.25) is 0 Å². The van der Waals surface area contributed by atoms with E-state index in [0.29, 0.717) is 18.0 Å². The molecule has 0 spiro atoms. The number of nitrogens with one attached hydrogen (secondary N) is 1. The summed E-state index contributed by atoms with van der Waals surface area (Å²) < 4.78 is 7.78. The zero-order valence-electron chi connectivity index (χ0n) is 12.8. The van der Waals surface area contributed by atoms with Gasteiger partial charge in [0.2, 0.25) is 0 Å². The van der Waals surface area contributed by atoms with Crippen LogP contribution in [0, 0.1) is 0 Å². The van der Waals surface area contributed by atoms with Gasteiger partial charge in [0, 0.05) is 30.6 Å². The fourth-order valence-electron chi connectivity index (χ4n) is 4.11. The van der Waals surface area contributed by atoms with Gasteiger partial charge in [-0.25, -0.2) is 4.98 Å². The monoisotopic (exact) mass is 285 g/mol. The van der Waals surface area contributed by atoms with Crippen molar-refractivity contribution in [2.75, 3.05) is 7.11 Å². The summed E-state index contributed by atoms with van der Waals surface area (Å²) >= 11 is 0. The van der Waals surface area contributed by atoms with Crippen molar-refractivity contribution >= 4 is 11.0 Å². The first-order valence-corrected chi connectivity index (χ1v) is 8.10. The summed E-state index contributed by atoms with van der Waals surface area (Å²) in [6.45, 7) is 3.28. The predicted octanol–water partition coefficient (Wildman–Crippen LogP) is 3.06. The molecule has 112 valence electrons. The molecule has 1 aromatic heterocycles. The lowest BCUT2D eigenvalue weighted by molar-refractivity contribution is 0.415. The van der Waals surface area contributed by atoms with E-state index in [1.165, 1.54) is 30.6 Å². The van der Waals surface area contributed by atoms with E-state index in [0.717, 1.165) is 24.2 Å². The van der Waals surface area contributed by atoms with E-state index in [-0.39, 0.29) is 0 Å². The molecule has 0 amide bonds. The van der Waals surface area contributed by atoms with Crippen molar-refractivity contribution in [3.8, 4) is 5.75 Å². The number of benzene rings is 1. The molecule has 2 saturated heterocycles. The third-order valence-corrected chi connectivity index (χ3v) is 5.06. The molecule has 0 radical (unpaired) electrons. The number of nitrogens with zero attached hydrogens (tertiary/aromatic N) is 2. The third-order valence-electron chi connectivity index (χ3n) is 5.06. The van der Waals surface area contributed by atoms with Crippen LogP contribution in [0.4, 0.5) is 0 Å². The van der Waals surface area contributed by atoms with E-state index < -0.39 is 0 Å². The minimum Gasteiger partial charge on any atom is -0.497 e. The largest absolute Gasteiger partial charge is 0.497 e. The fraction of sp³-hybridized carbons (Fsp3) is 0.588. The van der Waals surface area contributed by atoms with Gasteiger partial charge in [0.25, 0.3) is 0 Å². The number of imidazole rings is 1. The summed E-state index contributed by atoms with van der Waals surface area (Å²) in [5.74, 6) is 2.75. The second kappa shape index (κ2) is 5.02. The molecule has 2 aliphatic rings. The fourth-order valence-corrected chi connectivity index (χ4v) is 4.11. The Morgan fingerprint density at radius 1 is 1.38 bits per heavy atom. The lowest BCUT2D eigenvalue weighted by atomic mass is 9.88. The zero-order chi connectivity index (χ0) is 14.4. The van der Waals surface area contributed by atoms with Gasteiger partial charge in [-0.15, -0.1) is 0 Å². The number of aromatic nitrogens is 2. The molecule has 3 unspecified atom stereocenters. The van der Waals surface area contributed by atoms with Crippen LogP contribution in [-0.4, -0.2) is 28.7 Å². The van der Waals surface area contributed by atoms with E-state index in [4.69, 9.17) is 9.72 Å². The summed E-state index contributed by atoms with van der Waals surface area (Å²) in [5, 5.41) is 3.73. The quantitative estimate of drug-likeness (QED) is 0.938. The van der Waals surface area contributed by atoms with Crippen molar-refractivity contribution in [1.29, 1.82) is 0 Å². The molecule has 2 fully saturated rings. The lowest BCUT2D eigenvalue weighted by Gasteiger charge is -2.21. The molecule has 0 saturated carbocycles. The highest BCUT2D eigenvalue weighted by Crippen LogP contribution is 2.40. The van der Waals surface area contributed by atoms with Crippen LogP contribution < -0.4 is 10.1 Å². The molecule has 3 heterocycles. The lowest BCUT2D eigenvalue weighted by Crippen LogP contribution is -2.23. The molecule has 2 bridgehead atoms. The van der Waals surface area contributed by atoms with Crippen molar-refractivity contribution < 1.29 is 4.74 Å². The molecule has 4 heteroatoms. The first kappa shape index (κ1) is 13.1. The average molecular weight is 285 g/mol. The summed E-state index contributed by atoms with van der Waals surface area (Å²) in [4.78, 5) is 4.98. The molecular weight excluding hydrogens is 262 g/mol. The number of methoxy groups -OCH3 is 1. The summed E-state index contributed by atoms with van der Waals surface area (Å²) in [6.07, 6.45) is 5.02. The van der Waals surface area contributed by atoms with Crippen LogP contribution in [0.25, 0.3) is 11.0 Å². The highest BCUT2D eigenvalue weighted by molar-refractivity contribution is 5.78. The Morgan fingerprint density at radius 3 is 2.95 bits per heavy atom. The minimum atomic E-state index is 0.577. The normalized spacial score (nSPS) is 27.6. The second-order valence-electron chi connectivity index (χ2n) is 6.37. The molecule has 1 N–H and O–H groups in total. The number of hydrogen-bond acceptors (Lipinski definition) is 3. The van der Waals surface area contributed by atoms with Gasteiger partial charge in [0.05, 0.1) is 18.1 Å².